The first-order chi connectivity index (χ1) is 6.63. The van der Waals surface area contributed by atoms with E-state index in [2.05, 4.69) is 33.0 Å². The highest BCUT2D eigenvalue weighted by Gasteiger charge is 2.26. The molecular weight excluding hydrogens is 170 g/mol. The molecule has 1 rings (SSSR count). The zero-order valence-electron chi connectivity index (χ0n) is 10.3. The highest BCUT2D eigenvalue weighted by molar-refractivity contribution is 4.79. The fourth-order valence-corrected chi connectivity index (χ4v) is 2.63. The summed E-state index contributed by atoms with van der Waals surface area (Å²) in [6, 6.07) is 0.645. The van der Waals surface area contributed by atoms with E-state index in [9.17, 15) is 0 Å². The van der Waals surface area contributed by atoms with Gasteiger partial charge in [-0.05, 0) is 37.1 Å². The van der Waals surface area contributed by atoms with E-state index in [1.165, 1.54) is 32.2 Å². The largest absolute Gasteiger partial charge is 0.314 e. The molecule has 0 aliphatic heterocycles. The molecule has 0 amide bonds. The maximum absolute atomic E-state index is 3.58. The number of hydrogen-bond donors (Lipinski definition) is 1. The van der Waals surface area contributed by atoms with Gasteiger partial charge in [-0.25, -0.2) is 0 Å². The normalized spacial score (nSPS) is 33.6. The number of nitrogens with one attached hydrogen (secondary N) is 1. The lowest BCUT2D eigenvalue weighted by molar-refractivity contribution is 0.184. The molecule has 84 valence electrons. The van der Waals surface area contributed by atoms with Crippen molar-refractivity contribution in [3.63, 3.8) is 0 Å². The molecule has 3 atom stereocenters. The average molecular weight is 197 g/mol. The Bertz CT molecular complexity index is 153. The van der Waals surface area contributed by atoms with E-state index in [4.69, 9.17) is 0 Å². The summed E-state index contributed by atoms with van der Waals surface area (Å²) in [5, 5.41) is 3.58. The van der Waals surface area contributed by atoms with Crippen LogP contribution < -0.4 is 5.32 Å². The first-order valence-electron chi connectivity index (χ1n) is 6.36. The van der Waals surface area contributed by atoms with Crippen molar-refractivity contribution in [2.24, 2.45) is 17.8 Å². The Labute approximate surface area is 89.7 Å². The first kappa shape index (κ1) is 12.0. The van der Waals surface area contributed by atoms with Gasteiger partial charge in [-0.1, -0.05) is 40.5 Å². The molecule has 14 heavy (non-hydrogen) atoms. The summed E-state index contributed by atoms with van der Waals surface area (Å²) < 4.78 is 0. The highest BCUT2D eigenvalue weighted by atomic mass is 14.9. The summed E-state index contributed by atoms with van der Waals surface area (Å²) in [7, 11) is 0. The Morgan fingerprint density at radius 1 is 1.29 bits per heavy atom. The van der Waals surface area contributed by atoms with E-state index in [1.807, 2.05) is 0 Å². The maximum atomic E-state index is 3.58. The smallest absolute Gasteiger partial charge is 0.00104 e. The number of hydrogen-bond acceptors (Lipinski definition) is 1. The van der Waals surface area contributed by atoms with Crippen LogP contribution in [0.4, 0.5) is 0 Å². The molecule has 0 radical (unpaired) electrons. The summed E-state index contributed by atoms with van der Waals surface area (Å²) in [4.78, 5) is 0. The van der Waals surface area contributed by atoms with Gasteiger partial charge in [-0.3, -0.25) is 0 Å². The van der Waals surface area contributed by atoms with Crippen LogP contribution in [0.3, 0.4) is 0 Å². The van der Waals surface area contributed by atoms with Crippen LogP contribution in [0, 0.1) is 17.8 Å². The fraction of sp³-hybridized carbons (Fsp3) is 1.00. The van der Waals surface area contributed by atoms with Gasteiger partial charge in [0.2, 0.25) is 0 Å². The van der Waals surface area contributed by atoms with Crippen molar-refractivity contribution >= 4 is 0 Å². The van der Waals surface area contributed by atoms with E-state index < -0.39 is 0 Å². The maximum Gasteiger partial charge on any atom is 0.00104 e. The third kappa shape index (κ3) is 3.61. The first-order valence-corrected chi connectivity index (χ1v) is 6.36. The molecule has 1 nitrogen and oxygen atoms in total. The summed E-state index contributed by atoms with van der Waals surface area (Å²) in [6.07, 6.45) is 5.75. The van der Waals surface area contributed by atoms with E-state index in [0.29, 0.717) is 6.04 Å². The van der Waals surface area contributed by atoms with Gasteiger partial charge in [0.25, 0.3) is 0 Å². The second-order valence-corrected chi connectivity index (χ2v) is 5.39. The fourth-order valence-electron chi connectivity index (χ4n) is 2.63. The molecule has 0 aromatic rings. The molecule has 1 fully saturated rings. The lowest BCUT2D eigenvalue weighted by atomic mass is 9.74. The molecule has 0 aromatic heterocycles. The van der Waals surface area contributed by atoms with Gasteiger partial charge >= 0.3 is 0 Å². The predicted octanol–water partition coefficient (Wildman–Crippen LogP) is 3.45. The van der Waals surface area contributed by atoms with Crippen LogP contribution >= 0.6 is 0 Å². The van der Waals surface area contributed by atoms with Crippen LogP contribution in [0.5, 0.6) is 0 Å². The lowest BCUT2D eigenvalue weighted by Gasteiger charge is -2.34. The Hall–Kier alpha value is -0.0400. The highest BCUT2D eigenvalue weighted by Crippen LogP contribution is 2.34. The monoisotopic (exact) mass is 197 g/mol. The SMILES string of the molecule is CCC1CCC(CNC(C)C)C(C)C1. The van der Waals surface area contributed by atoms with Gasteiger partial charge < -0.3 is 5.32 Å². The zero-order valence-corrected chi connectivity index (χ0v) is 10.3. The van der Waals surface area contributed by atoms with Gasteiger partial charge in [-0.2, -0.15) is 0 Å². The quantitative estimate of drug-likeness (QED) is 0.728. The van der Waals surface area contributed by atoms with E-state index >= 15 is 0 Å². The summed E-state index contributed by atoms with van der Waals surface area (Å²) in [5.74, 6) is 2.88. The molecule has 0 bridgehead atoms. The van der Waals surface area contributed by atoms with Crippen LogP contribution in [0.1, 0.15) is 53.4 Å². The van der Waals surface area contributed by atoms with Crippen molar-refractivity contribution < 1.29 is 0 Å². The van der Waals surface area contributed by atoms with Gasteiger partial charge in [0.1, 0.15) is 0 Å². The van der Waals surface area contributed by atoms with E-state index in [0.717, 1.165) is 17.8 Å². The molecule has 0 spiro atoms. The van der Waals surface area contributed by atoms with Crippen molar-refractivity contribution in [2.75, 3.05) is 6.54 Å². The second kappa shape index (κ2) is 5.75. The summed E-state index contributed by atoms with van der Waals surface area (Å²) in [5.41, 5.74) is 0. The molecule has 3 unspecified atom stereocenters. The van der Waals surface area contributed by atoms with Crippen LogP contribution in [-0.4, -0.2) is 12.6 Å². The van der Waals surface area contributed by atoms with Crippen molar-refractivity contribution in [1.82, 2.24) is 5.32 Å². The van der Waals surface area contributed by atoms with E-state index in [-0.39, 0.29) is 0 Å². The molecule has 1 aliphatic carbocycles. The molecule has 0 heterocycles. The lowest BCUT2D eigenvalue weighted by Crippen LogP contribution is -2.34. The van der Waals surface area contributed by atoms with Gasteiger partial charge in [0.05, 0.1) is 0 Å². The Morgan fingerprint density at radius 3 is 2.50 bits per heavy atom. The van der Waals surface area contributed by atoms with Crippen molar-refractivity contribution in [3.05, 3.63) is 0 Å². The predicted molar refractivity (Wildman–Crippen MR) is 63.4 cm³/mol. The second-order valence-electron chi connectivity index (χ2n) is 5.39. The average Bonchev–Trinajstić information content (AvgIpc) is 2.15. The zero-order chi connectivity index (χ0) is 10.6. The summed E-state index contributed by atoms with van der Waals surface area (Å²) in [6.45, 7) is 10.5. The number of rotatable bonds is 4. The molecular formula is C13H27N. The minimum atomic E-state index is 0.645. The van der Waals surface area contributed by atoms with Crippen LogP contribution in [-0.2, 0) is 0 Å². The third-order valence-corrected chi connectivity index (χ3v) is 3.82. The van der Waals surface area contributed by atoms with Crippen molar-refractivity contribution in [3.8, 4) is 0 Å². The standard InChI is InChI=1S/C13H27N/c1-5-12-6-7-13(11(4)8-12)9-14-10(2)3/h10-14H,5-9H2,1-4H3. The summed E-state index contributed by atoms with van der Waals surface area (Å²) >= 11 is 0. The topological polar surface area (TPSA) is 12.0 Å². The van der Waals surface area contributed by atoms with Crippen molar-refractivity contribution in [2.45, 2.75) is 59.4 Å². The molecule has 1 N–H and O–H groups in total. The van der Waals surface area contributed by atoms with Crippen LogP contribution in [0.2, 0.25) is 0 Å². The van der Waals surface area contributed by atoms with E-state index in [1.54, 1.807) is 0 Å². The molecule has 0 saturated heterocycles. The molecule has 1 saturated carbocycles. The Morgan fingerprint density at radius 2 is 2.00 bits per heavy atom. The van der Waals surface area contributed by atoms with Gasteiger partial charge in [0.15, 0.2) is 0 Å². The minimum absolute atomic E-state index is 0.645. The Balaban J connectivity index is 2.27. The van der Waals surface area contributed by atoms with Crippen LogP contribution in [0.25, 0.3) is 0 Å². The minimum Gasteiger partial charge on any atom is -0.314 e. The Kier molecular flexibility index (Phi) is 4.94. The molecule has 0 aromatic carbocycles. The van der Waals surface area contributed by atoms with Crippen molar-refractivity contribution in [1.29, 1.82) is 0 Å². The van der Waals surface area contributed by atoms with Gasteiger partial charge in [-0.15, -0.1) is 0 Å². The van der Waals surface area contributed by atoms with Gasteiger partial charge in [0, 0.05) is 6.04 Å². The third-order valence-electron chi connectivity index (χ3n) is 3.82. The molecule has 1 aliphatic rings. The molecule has 1 heteroatoms. The van der Waals surface area contributed by atoms with Crippen LogP contribution in [0.15, 0.2) is 0 Å².